The summed E-state index contributed by atoms with van der Waals surface area (Å²) in [6.07, 6.45) is -1.09. The number of benzene rings is 3. The summed E-state index contributed by atoms with van der Waals surface area (Å²) in [6.45, 7) is 0.551. The Morgan fingerprint density at radius 2 is 1.35 bits per heavy atom. The van der Waals surface area contributed by atoms with Crippen LogP contribution in [-0.4, -0.2) is 116 Å². The molecule has 4 rings (SSSR count). The van der Waals surface area contributed by atoms with Crippen molar-refractivity contribution in [2.45, 2.75) is 54.2 Å². The number of carbonyl (C=O) groups excluding carboxylic acids is 1. The van der Waals surface area contributed by atoms with Crippen LogP contribution < -0.4 is 27.7 Å². The van der Waals surface area contributed by atoms with Gasteiger partial charge in [0.25, 0.3) is 46.4 Å². The zero-order valence-electron chi connectivity index (χ0n) is 31.2. The van der Waals surface area contributed by atoms with E-state index in [1.54, 1.807) is 4.90 Å². The van der Waals surface area contributed by atoms with Gasteiger partial charge in [0.2, 0.25) is 0 Å². The van der Waals surface area contributed by atoms with Gasteiger partial charge in [-0.2, -0.15) is 33.7 Å². The van der Waals surface area contributed by atoms with Crippen molar-refractivity contribution in [3.05, 3.63) is 58.9 Å². The summed E-state index contributed by atoms with van der Waals surface area (Å²) in [6, 6.07) is 6.54. The van der Waals surface area contributed by atoms with E-state index in [1.165, 1.54) is 18.2 Å². The average Bonchev–Trinajstić information content (AvgIpc) is 3.11. The highest BCUT2D eigenvalue weighted by molar-refractivity contribution is 7.86. The smallest absolute Gasteiger partial charge is 0.336 e. The lowest BCUT2D eigenvalue weighted by molar-refractivity contribution is -0.124. The molecule has 60 heavy (non-hydrogen) atoms. The minimum Gasteiger partial charge on any atom is -0.478 e. The molecule has 1 amide bonds. The zero-order chi connectivity index (χ0) is 45.0. The van der Waals surface area contributed by atoms with E-state index in [2.05, 4.69) is 5.32 Å². The standard InChI is InChI=1S/C33H42N6O17S4/c34-23-10-8-20-26(21-9-11-24(35)30(60(53,54)55)28(21)56-27(20)29(23)59(50,51)52)19-7-6-18(17-22(19)33(42)43)31(40)37-25(32(41)38-36)5-1-2-12-39(13-3-15-57(44,45)46)14-4-16-58(47,48)49/h6-11,17,25,31,34,37,40H,1-5,12-16,35-36H2,(H,38,41)(H,42,43)(H,44,45,46)(H,47,48,49)(H,50,51,52)(H,53,54,55). The summed E-state index contributed by atoms with van der Waals surface area (Å²) in [5.74, 6) is 1.08. The number of hydrogen-bond donors (Lipinski definition) is 11. The van der Waals surface area contributed by atoms with Crippen molar-refractivity contribution in [3.63, 3.8) is 0 Å². The van der Waals surface area contributed by atoms with Crippen LogP contribution in [0, 0.1) is 5.41 Å². The van der Waals surface area contributed by atoms with Crippen LogP contribution in [0.3, 0.4) is 0 Å². The minimum absolute atomic E-state index is 0.0117. The van der Waals surface area contributed by atoms with Gasteiger partial charge in [-0.25, -0.2) is 10.6 Å². The average molecular weight is 923 g/mol. The fraction of sp³-hybridized carbons (Fsp3) is 0.364. The Hall–Kier alpha value is -4.65. The lowest BCUT2D eigenvalue weighted by atomic mass is 9.89. The normalized spacial score (nSPS) is 13.8. The van der Waals surface area contributed by atoms with Crippen molar-refractivity contribution in [2.24, 2.45) is 5.84 Å². The summed E-state index contributed by atoms with van der Waals surface area (Å²) in [5.41, 5.74) is 5.12. The Balaban J connectivity index is 1.69. The SMILES string of the molecule is N=c1ccc2c(-c3ccc(C(O)NC(CCCCN(CCCS(=O)(=O)O)CCCS(=O)(=O)O)C(=O)NN)cc3C(=O)O)c3ccc(N)c(S(=O)(=O)O)c3oc-2c1S(=O)(=O)O. The van der Waals surface area contributed by atoms with E-state index in [0.717, 1.165) is 24.3 Å². The quantitative estimate of drug-likeness (QED) is 0.00788. The number of carbonyl (C=O) groups is 2. The van der Waals surface area contributed by atoms with E-state index in [9.17, 15) is 62.6 Å². The third kappa shape index (κ3) is 12.2. The number of anilines is 1. The largest absolute Gasteiger partial charge is 0.478 e. The van der Waals surface area contributed by atoms with Crippen LogP contribution in [0.5, 0.6) is 0 Å². The molecule has 1 aliphatic carbocycles. The molecule has 0 saturated heterocycles. The fourth-order valence-electron chi connectivity index (χ4n) is 6.56. The Labute approximate surface area is 343 Å². The number of nitrogen functional groups attached to an aromatic ring is 1. The summed E-state index contributed by atoms with van der Waals surface area (Å²) in [4.78, 5) is 25.1. The van der Waals surface area contributed by atoms with E-state index in [1.807, 2.05) is 5.43 Å². The molecule has 0 bridgehead atoms. The maximum absolute atomic E-state index is 12.8. The molecule has 1 heterocycles. The van der Waals surface area contributed by atoms with Gasteiger partial charge < -0.3 is 25.3 Å². The molecule has 27 heteroatoms. The molecule has 0 saturated carbocycles. The van der Waals surface area contributed by atoms with Gasteiger partial charge in [-0.3, -0.25) is 39.2 Å². The van der Waals surface area contributed by atoms with Crippen molar-refractivity contribution in [3.8, 4) is 22.5 Å². The molecular weight excluding hydrogens is 881 g/mol. The Morgan fingerprint density at radius 1 is 0.783 bits per heavy atom. The number of unbranched alkanes of at least 4 members (excludes halogenated alkanes) is 1. The lowest BCUT2D eigenvalue weighted by Crippen LogP contribution is -2.48. The first-order chi connectivity index (χ1) is 27.7. The molecule has 2 aromatic rings. The topological polar surface area (TPSA) is 408 Å². The third-order valence-electron chi connectivity index (χ3n) is 9.16. The second-order valence-electron chi connectivity index (χ2n) is 13.5. The number of aliphatic hydroxyl groups is 1. The second-order valence-corrected chi connectivity index (χ2v) is 19.3. The van der Waals surface area contributed by atoms with Crippen molar-refractivity contribution >= 4 is 69.0 Å². The van der Waals surface area contributed by atoms with Gasteiger partial charge in [-0.05, 0) is 86.8 Å². The number of carboxylic acid groups (broad SMARTS) is 1. The van der Waals surface area contributed by atoms with Gasteiger partial charge in [0, 0.05) is 16.5 Å². The molecule has 2 unspecified atom stereocenters. The molecule has 0 aromatic heterocycles. The number of nitrogens with zero attached hydrogens (tertiary/aromatic N) is 1. The Bertz CT molecular complexity index is 2720. The number of fused-ring (bicyclic) bond motifs is 2. The number of hydrogen-bond acceptors (Lipinski definition) is 17. The number of aliphatic hydroxyl groups excluding tert-OH is 1. The molecular formula is C33H42N6O17S4. The monoisotopic (exact) mass is 922 g/mol. The molecule has 2 aliphatic rings. The second kappa shape index (κ2) is 19.0. The minimum atomic E-state index is -5.26. The van der Waals surface area contributed by atoms with Crippen molar-refractivity contribution < 1.29 is 76.1 Å². The maximum atomic E-state index is 12.8. The molecule has 2 atom stereocenters. The number of aromatic carboxylic acids is 1. The highest BCUT2D eigenvalue weighted by Gasteiger charge is 2.32. The molecule has 2 aromatic carbocycles. The summed E-state index contributed by atoms with van der Waals surface area (Å²) in [7, 11) is -19.0. The maximum Gasteiger partial charge on any atom is 0.336 e. The van der Waals surface area contributed by atoms with E-state index in [4.69, 9.17) is 30.5 Å². The molecule has 0 fully saturated rings. The summed E-state index contributed by atoms with van der Waals surface area (Å²) < 4.78 is 138. The van der Waals surface area contributed by atoms with Gasteiger partial charge >= 0.3 is 5.97 Å². The van der Waals surface area contributed by atoms with Gasteiger partial charge in [0.1, 0.15) is 6.23 Å². The first kappa shape index (κ1) is 48.0. The number of rotatable bonds is 21. The van der Waals surface area contributed by atoms with Crippen molar-refractivity contribution in [2.75, 3.05) is 36.9 Å². The lowest BCUT2D eigenvalue weighted by Gasteiger charge is -2.24. The van der Waals surface area contributed by atoms with Gasteiger partial charge in [-0.15, -0.1) is 0 Å². The molecule has 13 N–H and O–H groups in total. The van der Waals surface area contributed by atoms with Crippen LogP contribution in [-0.2, 0) is 45.3 Å². The molecule has 0 spiro atoms. The first-order valence-electron chi connectivity index (χ1n) is 17.5. The van der Waals surface area contributed by atoms with Crippen molar-refractivity contribution in [1.29, 1.82) is 5.41 Å². The zero-order valence-corrected chi connectivity index (χ0v) is 34.4. The predicted molar refractivity (Wildman–Crippen MR) is 212 cm³/mol. The highest BCUT2D eigenvalue weighted by atomic mass is 32.2. The van der Waals surface area contributed by atoms with Crippen LogP contribution in [0.2, 0.25) is 0 Å². The highest BCUT2D eigenvalue weighted by Crippen LogP contribution is 2.46. The molecule has 23 nitrogen and oxygen atoms in total. The molecule has 1 aliphatic heterocycles. The number of carboxylic acids is 1. The fourth-order valence-corrected chi connectivity index (χ4v) is 9.03. The van der Waals surface area contributed by atoms with Crippen LogP contribution in [0.1, 0.15) is 54.3 Å². The summed E-state index contributed by atoms with van der Waals surface area (Å²) >= 11 is 0. The van der Waals surface area contributed by atoms with Gasteiger partial charge in [0.05, 0.1) is 34.2 Å². The van der Waals surface area contributed by atoms with Gasteiger partial charge in [-0.1, -0.05) is 18.6 Å². The van der Waals surface area contributed by atoms with Crippen LogP contribution in [0.15, 0.2) is 56.7 Å². The van der Waals surface area contributed by atoms with Crippen LogP contribution >= 0.6 is 0 Å². The van der Waals surface area contributed by atoms with Gasteiger partial charge in [0.15, 0.2) is 21.1 Å². The Kier molecular flexibility index (Phi) is 15.2. The molecule has 330 valence electrons. The number of amides is 1. The number of nitrogens with one attached hydrogen (secondary N) is 3. The van der Waals surface area contributed by atoms with E-state index in [0.29, 0.717) is 6.42 Å². The Morgan fingerprint density at radius 3 is 1.88 bits per heavy atom. The summed E-state index contributed by atoms with van der Waals surface area (Å²) in [5, 5.41) is 31.4. The van der Waals surface area contributed by atoms with Crippen LogP contribution in [0.25, 0.3) is 33.4 Å². The predicted octanol–water partition coefficient (Wildman–Crippen LogP) is 0.425. The third-order valence-corrected chi connectivity index (χ3v) is 12.6. The van der Waals surface area contributed by atoms with Crippen molar-refractivity contribution in [1.82, 2.24) is 15.6 Å². The van der Waals surface area contributed by atoms with E-state index >= 15 is 0 Å². The number of hydrazine groups is 1. The van der Waals surface area contributed by atoms with Crippen LogP contribution in [0.4, 0.5) is 5.69 Å². The number of nitrogens with two attached hydrogens (primary N) is 2. The van der Waals surface area contributed by atoms with E-state index in [-0.39, 0.29) is 73.0 Å². The molecule has 0 radical (unpaired) electrons. The van der Waals surface area contributed by atoms with E-state index < -0.39 is 114 Å². The first-order valence-corrected chi connectivity index (χ1v) is 23.6.